The van der Waals surface area contributed by atoms with E-state index in [2.05, 4.69) is 4.98 Å². The van der Waals surface area contributed by atoms with Crippen molar-refractivity contribution in [3.8, 4) is 0 Å². The predicted octanol–water partition coefficient (Wildman–Crippen LogP) is 2.79. The van der Waals surface area contributed by atoms with Crippen molar-refractivity contribution in [1.82, 2.24) is 4.98 Å². The molecular formula is C12H10Cl2N2O3S. The van der Waals surface area contributed by atoms with Crippen LogP contribution in [0, 0.1) is 0 Å². The smallest absolute Gasteiger partial charge is 0.399 e. The van der Waals surface area contributed by atoms with Gasteiger partial charge in [0.05, 0.1) is 5.69 Å². The Morgan fingerprint density at radius 1 is 1.50 bits per heavy atom. The third kappa shape index (κ3) is 1.82. The molecular weight excluding hydrogens is 323 g/mol. The molecule has 2 aliphatic rings. The van der Waals surface area contributed by atoms with Gasteiger partial charge in [0.25, 0.3) is 0 Å². The van der Waals surface area contributed by atoms with E-state index in [-0.39, 0.29) is 0 Å². The molecule has 0 N–H and O–H groups in total. The van der Waals surface area contributed by atoms with E-state index in [0.717, 1.165) is 6.42 Å². The minimum Gasteiger partial charge on any atom is -0.429 e. The predicted molar refractivity (Wildman–Crippen MR) is 76.0 cm³/mol. The number of carbonyl (C=O) groups is 2. The average molecular weight is 333 g/mol. The van der Waals surface area contributed by atoms with Crippen molar-refractivity contribution in [1.29, 1.82) is 0 Å². The molecule has 0 aromatic carbocycles. The molecule has 106 valence electrons. The molecule has 1 fully saturated rings. The summed E-state index contributed by atoms with van der Waals surface area (Å²) in [6, 6.07) is 3.23. The standard InChI is InChI=1S/C12H10Cl2N2O3S/c1-2-5-12-11(14)20-8-6(3-4-7(13)15-8)16(12)9(17)10(18)19-12/h3-4,11H,2,5H2,1H3/t11-,12-/m0/s1. The number of esters is 1. The van der Waals surface area contributed by atoms with Crippen LogP contribution in [0.2, 0.25) is 5.15 Å². The highest BCUT2D eigenvalue weighted by molar-refractivity contribution is 8.01. The zero-order valence-corrected chi connectivity index (χ0v) is 12.8. The SMILES string of the molecule is CCC[C@@]12OC(=O)C(=O)N1c1ccc(Cl)nc1S[C@@H]2Cl. The number of aromatic nitrogens is 1. The number of carbonyl (C=O) groups excluding carboxylic acids is 2. The molecule has 2 atom stereocenters. The van der Waals surface area contributed by atoms with Gasteiger partial charge in [-0.05, 0) is 12.1 Å². The zero-order valence-electron chi connectivity index (χ0n) is 10.4. The zero-order chi connectivity index (χ0) is 14.5. The van der Waals surface area contributed by atoms with Crippen LogP contribution in [0.15, 0.2) is 17.2 Å². The summed E-state index contributed by atoms with van der Waals surface area (Å²) in [4.78, 5) is 29.3. The van der Waals surface area contributed by atoms with E-state index < -0.39 is 22.3 Å². The number of ether oxygens (including phenoxy) is 1. The highest BCUT2D eigenvalue weighted by atomic mass is 35.5. The van der Waals surface area contributed by atoms with Gasteiger partial charge in [0.15, 0.2) is 0 Å². The number of thioether (sulfide) groups is 1. The second kappa shape index (κ2) is 4.79. The van der Waals surface area contributed by atoms with Gasteiger partial charge < -0.3 is 4.74 Å². The van der Waals surface area contributed by atoms with Crippen LogP contribution in [0.3, 0.4) is 0 Å². The van der Waals surface area contributed by atoms with Gasteiger partial charge in [-0.25, -0.2) is 9.78 Å². The van der Waals surface area contributed by atoms with Crippen molar-refractivity contribution >= 4 is 52.5 Å². The lowest BCUT2D eigenvalue weighted by molar-refractivity contribution is -0.153. The molecule has 3 rings (SSSR count). The van der Waals surface area contributed by atoms with E-state index in [4.69, 9.17) is 27.9 Å². The van der Waals surface area contributed by atoms with E-state index in [1.165, 1.54) is 16.7 Å². The highest BCUT2D eigenvalue weighted by Crippen LogP contribution is 2.52. The first-order chi connectivity index (χ1) is 9.49. The highest BCUT2D eigenvalue weighted by Gasteiger charge is 2.60. The van der Waals surface area contributed by atoms with Crippen LogP contribution in [0.4, 0.5) is 5.69 Å². The molecule has 2 aliphatic heterocycles. The van der Waals surface area contributed by atoms with Crippen LogP contribution in [0.1, 0.15) is 19.8 Å². The fourth-order valence-electron chi connectivity index (χ4n) is 2.47. The lowest BCUT2D eigenvalue weighted by Gasteiger charge is -2.42. The minimum absolute atomic E-state index is 0.307. The van der Waals surface area contributed by atoms with Gasteiger partial charge in [0.2, 0.25) is 5.72 Å². The maximum Gasteiger partial charge on any atom is 0.399 e. The molecule has 3 heterocycles. The molecule has 0 unspecified atom stereocenters. The molecule has 0 radical (unpaired) electrons. The van der Waals surface area contributed by atoms with Gasteiger partial charge in [-0.15, -0.1) is 11.6 Å². The molecule has 1 saturated heterocycles. The molecule has 1 aromatic rings. The number of rotatable bonds is 2. The van der Waals surface area contributed by atoms with Crippen molar-refractivity contribution in [2.45, 2.75) is 35.2 Å². The molecule has 1 amide bonds. The van der Waals surface area contributed by atoms with Gasteiger partial charge in [-0.1, -0.05) is 36.7 Å². The molecule has 8 heteroatoms. The van der Waals surface area contributed by atoms with E-state index in [1.54, 1.807) is 12.1 Å². The number of amides is 1. The van der Waals surface area contributed by atoms with Crippen molar-refractivity contribution in [3.05, 3.63) is 17.3 Å². The topological polar surface area (TPSA) is 59.5 Å². The van der Waals surface area contributed by atoms with Gasteiger partial charge >= 0.3 is 11.9 Å². The Morgan fingerprint density at radius 2 is 2.25 bits per heavy atom. The molecule has 0 aliphatic carbocycles. The Bertz CT molecular complexity index is 612. The van der Waals surface area contributed by atoms with E-state index in [9.17, 15) is 9.59 Å². The second-order valence-electron chi connectivity index (χ2n) is 4.52. The monoisotopic (exact) mass is 332 g/mol. The fraction of sp³-hybridized carbons (Fsp3) is 0.417. The number of halogens is 2. The third-order valence-corrected chi connectivity index (χ3v) is 5.17. The number of hydrogen-bond acceptors (Lipinski definition) is 5. The number of fused-ring (bicyclic) bond motifs is 3. The molecule has 0 bridgehead atoms. The normalized spacial score (nSPS) is 28.1. The molecule has 5 nitrogen and oxygen atoms in total. The summed E-state index contributed by atoms with van der Waals surface area (Å²) in [6.07, 6.45) is 1.19. The van der Waals surface area contributed by atoms with Gasteiger partial charge in [0.1, 0.15) is 14.9 Å². The fourth-order valence-corrected chi connectivity index (χ4v) is 4.25. The Kier molecular flexibility index (Phi) is 3.35. The van der Waals surface area contributed by atoms with Crippen molar-refractivity contribution < 1.29 is 14.3 Å². The largest absolute Gasteiger partial charge is 0.429 e. The number of nitrogens with zero attached hydrogens (tertiary/aromatic N) is 2. The summed E-state index contributed by atoms with van der Waals surface area (Å²) in [7, 11) is 0. The first-order valence-electron chi connectivity index (χ1n) is 6.04. The van der Waals surface area contributed by atoms with E-state index >= 15 is 0 Å². The Balaban J connectivity index is 2.18. The number of hydrogen-bond donors (Lipinski definition) is 0. The summed E-state index contributed by atoms with van der Waals surface area (Å²) in [5.41, 5.74) is -0.627. The number of alkyl halides is 1. The van der Waals surface area contributed by atoms with E-state index in [0.29, 0.717) is 22.3 Å². The summed E-state index contributed by atoms with van der Waals surface area (Å²) in [6.45, 7) is 1.94. The summed E-state index contributed by atoms with van der Waals surface area (Å²) in [5.74, 6) is -1.60. The molecule has 0 saturated carbocycles. The van der Waals surface area contributed by atoms with Crippen LogP contribution in [-0.4, -0.2) is 27.3 Å². The average Bonchev–Trinajstić information content (AvgIpc) is 2.64. The molecule has 1 aromatic heterocycles. The summed E-state index contributed by atoms with van der Waals surface area (Å²) >= 11 is 13.5. The Labute approximate surface area is 129 Å². The van der Waals surface area contributed by atoms with Crippen LogP contribution in [-0.2, 0) is 14.3 Å². The first kappa shape index (κ1) is 14.0. The summed E-state index contributed by atoms with van der Waals surface area (Å²) in [5, 5.41) is 0.831. The third-order valence-electron chi connectivity index (χ3n) is 3.25. The van der Waals surface area contributed by atoms with Gasteiger partial charge in [-0.3, -0.25) is 9.69 Å². The van der Waals surface area contributed by atoms with Gasteiger partial charge in [-0.2, -0.15) is 0 Å². The second-order valence-corrected chi connectivity index (χ2v) is 6.69. The molecule has 20 heavy (non-hydrogen) atoms. The van der Waals surface area contributed by atoms with Crippen molar-refractivity contribution in [3.63, 3.8) is 0 Å². The Hall–Kier alpha value is -0.980. The Morgan fingerprint density at radius 3 is 2.95 bits per heavy atom. The summed E-state index contributed by atoms with van der Waals surface area (Å²) < 4.78 is 4.70. The maximum atomic E-state index is 12.1. The van der Waals surface area contributed by atoms with Crippen LogP contribution in [0.25, 0.3) is 0 Å². The quantitative estimate of drug-likeness (QED) is 0.360. The van der Waals surface area contributed by atoms with Crippen LogP contribution < -0.4 is 4.90 Å². The maximum absolute atomic E-state index is 12.1. The van der Waals surface area contributed by atoms with Gasteiger partial charge in [0, 0.05) is 6.42 Å². The van der Waals surface area contributed by atoms with Crippen molar-refractivity contribution in [2.75, 3.05) is 4.90 Å². The molecule has 0 spiro atoms. The van der Waals surface area contributed by atoms with Crippen LogP contribution in [0.5, 0.6) is 0 Å². The van der Waals surface area contributed by atoms with Crippen molar-refractivity contribution in [2.24, 2.45) is 0 Å². The number of pyridine rings is 1. The lowest BCUT2D eigenvalue weighted by Crippen LogP contribution is -2.54. The number of anilines is 1. The van der Waals surface area contributed by atoms with E-state index in [1.807, 2.05) is 6.92 Å². The van der Waals surface area contributed by atoms with Crippen LogP contribution >= 0.6 is 35.0 Å². The lowest BCUT2D eigenvalue weighted by atomic mass is 10.1. The first-order valence-corrected chi connectivity index (χ1v) is 7.74. The minimum atomic E-state index is -1.14.